The van der Waals surface area contributed by atoms with Crippen molar-refractivity contribution >= 4 is 56.6 Å². The van der Waals surface area contributed by atoms with Crippen LogP contribution < -0.4 is 11.1 Å². The molecule has 24 heteroatoms. The van der Waals surface area contributed by atoms with Crippen molar-refractivity contribution in [3.63, 3.8) is 0 Å². The van der Waals surface area contributed by atoms with Crippen LogP contribution in [-0.4, -0.2) is 129 Å². The van der Waals surface area contributed by atoms with E-state index in [4.69, 9.17) is 14.3 Å². The highest BCUT2D eigenvalue weighted by Crippen LogP contribution is 2.25. The molecule has 1 saturated heterocycles. The Bertz CT molecular complexity index is 2400. The zero-order valence-corrected chi connectivity index (χ0v) is 35.0. The third kappa shape index (κ3) is 11.5. The summed E-state index contributed by atoms with van der Waals surface area (Å²) in [6.07, 6.45) is -1.56. The Balaban J connectivity index is 1.54. The number of amides is 2. The van der Waals surface area contributed by atoms with Crippen molar-refractivity contribution in [3.05, 3.63) is 49.1 Å². The van der Waals surface area contributed by atoms with Crippen molar-refractivity contribution in [3.8, 4) is 17.3 Å². The predicted molar refractivity (Wildman–Crippen MR) is 206 cm³/mol. The summed E-state index contributed by atoms with van der Waals surface area (Å²) >= 11 is 1.00. The average Bonchev–Trinajstić information content (AvgIpc) is 3.69. The van der Waals surface area contributed by atoms with Gasteiger partial charge in [-0.15, -0.1) is 20.5 Å². The van der Waals surface area contributed by atoms with Crippen LogP contribution >= 0.6 is 11.3 Å². The van der Waals surface area contributed by atoms with Crippen LogP contribution in [0.25, 0.3) is 11.5 Å². The van der Waals surface area contributed by atoms with Crippen molar-refractivity contribution in [2.75, 3.05) is 18.9 Å². The number of aromatic amines is 1. The van der Waals surface area contributed by atoms with E-state index in [-0.39, 0.29) is 26.9 Å². The van der Waals surface area contributed by atoms with E-state index in [1.807, 2.05) is 0 Å². The summed E-state index contributed by atoms with van der Waals surface area (Å²) in [6.45, 7) is 10.7. The number of nitrogens with one attached hydrogen (secondary N) is 1. The van der Waals surface area contributed by atoms with Gasteiger partial charge in [0.15, 0.2) is 28.8 Å². The van der Waals surface area contributed by atoms with Gasteiger partial charge in [0.1, 0.15) is 21.9 Å². The predicted octanol–water partition coefficient (Wildman–Crippen LogP) is -0.537. The van der Waals surface area contributed by atoms with Gasteiger partial charge in [-0.05, 0) is 55.4 Å². The first-order valence-electron chi connectivity index (χ1n) is 17.8. The molecule has 0 unspecified atom stereocenters. The Morgan fingerprint density at radius 1 is 1.05 bits per heavy atom. The minimum Gasteiger partial charge on any atom is -0.503 e. The Kier molecular flexibility index (Phi) is 13.5. The number of imide groups is 1. The number of aliphatic hydroxyl groups excluding tert-OH is 2. The molecule has 3 aromatic heterocycles. The number of ketones is 1. The van der Waals surface area contributed by atoms with E-state index in [1.54, 1.807) is 41.5 Å². The number of carbonyl (C=O) groups is 5. The minimum atomic E-state index is -4.99. The number of oxime groups is 1. The number of esters is 2. The molecule has 0 saturated carbocycles. The lowest BCUT2D eigenvalue weighted by atomic mass is 9.91. The molecule has 4 rings (SSSR count). The normalized spacial score (nSPS) is 15.7. The smallest absolute Gasteiger partial charge is 0.360 e. The molecule has 0 spiro atoms. The number of aromatic hydroxyl groups is 1. The molecule has 1 fully saturated rings. The molecule has 0 bridgehead atoms. The van der Waals surface area contributed by atoms with Crippen LogP contribution in [0.5, 0.6) is 5.75 Å². The fourth-order valence-electron chi connectivity index (χ4n) is 5.11. The van der Waals surface area contributed by atoms with E-state index in [1.165, 1.54) is 19.2 Å². The first-order valence-corrected chi connectivity index (χ1v) is 20.3. The van der Waals surface area contributed by atoms with Gasteiger partial charge in [0.05, 0.1) is 37.3 Å². The maximum atomic E-state index is 13.7. The van der Waals surface area contributed by atoms with E-state index in [9.17, 15) is 57.3 Å². The Labute approximate surface area is 340 Å². The fourth-order valence-corrected chi connectivity index (χ4v) is 7.00. The van der Waals surface area contributed by atoms with Crippen LogP contribution in [0.1, 0.15) is 72.5 Å². The Morgan fingerprint density at radius 2 is 1.69 bits per heavy atom. The van der Waals surface area contributed by atoms with Crippen LogP contribution in [0.3, 0.4) is 0 Å². The number of aliphatic hydroxyl groups is 2. The number of carbonyl (C=O) groups excluding carboxylic acids is 5. The van der Waals surface area contributed by atoms with E-state index in [0.717, 1.165) is 23.6 Å². The SMILES string of the molecule is CC(C)(C)OC(=O)Cc1nc(/C(=N/OC(C)(C)C(=O)OC(C)(C)C)C(=O)C[C@H]2CN(C(=O)CS(=O)(=O)n3nc(-c4cc(=O)c(O)c[nH]4)n(C[C@@H](O)CO)c3=O)C2=O)cs1. The highest BCUT2D eigenvalue weighted by molar-refractivity contribution is 7.90. The van der Waals surface area contributed by atoms with Crippen LogP contribution in [0.15, 0.2) is 32.4 Å². The molecule has 22 nitrogen and oxygen atoms in total. The first-order chi connectivity index (χ1) is 27.1. The highest BCUT2D eigenvalue weighted by atomic mass is 32.2. The zero-order valence-electron chi connectivity index (χ0n) is 33.4. The minimum absolute atomic E-state index is 0.0588. The molecule has 2 amide bonds. The number of Topliss-reactive ketones (excluding diaryl/α,β-unsaturated/α-hetero) is 1. The number of H-pyrrole nitrogens is 1. The molecule has 3 aromatic rings. The molecule has 4 N–H and O–H groups in total. The molecule has 0 aliphatic carbocycles. The molecule has 2 atom stereocenters. The van der Waals surface area contributed by atoms with Crippen molar-refractivity contribution in [2.45, 2.75) is 97.7 Å². The highest BCUT2D eigenvalue weighted by Gasteiger charge is 2.44. The number of β-lactam (4-membered cyclic amide) rings is 1. The molecule has 0 aromatic carbocycles. The Hall–Kier alpha value is -5.59. The lowest BCUT2D eigenvalue weighted by molar-refractivity contribution is -0.179. The van der Waals surface area contributed by atoms with E-state index in [0.29, 0.717) is 9.47 Å². The van der Waals surface area contributed by atoms with Crippen LogP contribution in [0.4, 0.5) is 0 Å². The standard InChI is InChI=1S/C35H45N7O15S2/c1-33(2,3)55-27(49)11-25-37-21(16-58-25)28(39-57-35(7,8)31(51)56-34(4,5)6)23(46)9-18-13-40(30(18)50)26(48)17-59(53,54)42-32(52)41(14-19(44)15-43)29(38-42)20-10-22(45)24(47)12-36-20/h10,12,16,18-19,43-44,47H,9,11,13-15,17H2,1-8H3,(H,36,45)/b39-28-/t18-,19+/m0/s1. The third-order valence-electron chi connectivity index (χ3n) is 7.92. The molecule has 4 heterocycles. The van der Waals surface area contributed by atoms with E-state index < -0.39 is 129 Å². The number of pyridine rings is 1. The number of hydrogen-bond acceptors (Lipinski definition) is 19. The summed E-state index contributed by atoms with van der Waals surface area (Å²) in [4.78, 5) is 103. The van der Waals surface area contributed by atoms with Crippen molar-refractivity contribution in [1.29, 1.82) is 0 Å². The van der Waals surface area contributed by atoms with E-state index in [2.05, 4.69) is 20.2 Å². The summed E-state index contributed by atoms with van der Waals surface area (Å²) in [7, 11) is -4.99. The van der Waals surface area contributed by atoms with Gasteiger partial charge in [-0.1, -0.05) is 5.16 Å². The molecule has 59 heavy (non-hydrogen) atoms. The molecule has 1 aliphatic rings. The summed E-state index contributed by atoms with van der Waals surface area (Å²) in [5, 5.41) is 38.2. The molecule has 0 radical (unpaired) electrons. The van der Waals surface area contributed by atoms with Crippen LogP contribution in [-0.2, 0) is 61.3 Å². The largest absolute Gasteiger partial charge is 0.503 e. The second-order valence-electron chi connectivity index (χ2n) is 15.8. The number of rotatable bonds is 16. The maximum absolute atomic E-state index is 13.7. The number of aromatic nitrogens is 5. The van der Waals surface area contributed by atoms with Gasteiger partial charge in [0.2, 0.25) is 22.8 Å². The van der Waals surface area contributed by atoms with Gasteiger partial charge in [0, 0.05) is 30.6 Å². The van der Waals surface area contributed by atoms with Gasteiger partial charge in [-0.2, -0.15) is 0 Å². The second-order valence-corrected chi connectivity index (χ2v) is 18.6. The molecule has 322 valence electrons. The third-order valence-corrected chi connectivity index (χ3v) is 10.1. The van der Waals surface area contributed by atoms with Crippen molar-refractivity contribution in [1.82, 2.24) is 28.6 Å². The second kappa shape index (κ2) is 17.3. The number of ether oxygens (including phenoxy) is 2. The van der Waals surface area contributed by atoms with Gasteiger partial charge in [0.25, 0.3) is 10.0 Å². The van der Waals surface area contributed by atoms with Crippen molar-refractivity contribution in [2.24, 2.45) is 11.1 Å². The number of thiazole rings is 1. The van der Waals surface area contributed by atoms with Gasteiger partial charge in [-0.25, -0.2) is 23.0 Å². The summed E-state index contributed by atoms with van der Waals surface area (Å²) in [5.74, 6) is -8.28. The summed E-state index contributed by atoms with van der Waals surface area (Å²) in [6, 6.07) is 0.794. The summed E-state index contributed by atoms with van der Waals surface area (Å²) < 4.78 is 38.0. The number of hydrogen-bond donors (Lipinski definition) is 4. The molecular weight excluding hydrogens is 823 g/mol. The van der Waals surface area contributed by atoms with Gasteiger partial charge >= 0.3 is 17.6 Å². The van der Waals surface area contributed by atoms with Crippen molar-refractivity contribution < 1.29 is 62.0 Å². The Morgan fingerprint density at radius 3 is 2.27 bits per heavy atom. The summed E-state index contributed by atoms with van der Waals surface area (Å²) in [5.41, 5.74) is -6.46. The molecular formula is C35H45N7O15S2. The number of likely N-dealkylation sites (tertiary alicyclic amines) is 1. The van der Waals surface area contributed by atoms with E-state index >= 15 is 0 Å². The maximum Gasteiger partial charge on any atom is 0.360 e. The van der Waals surface area contributed by atoms with Gasteiger partial charge < -0.3 is 34.6 Å². The average molecular weight is 868 g/mol. The number of nitrogens with zero attached hydrogens (tertiary/aromatic N) is 6. The quantitative estimate of drug-likeness (QED) is 0.0608. The lowest BCUT2D eigenvalue weighted by Gasteiger charge is -2.36. The van der Waals surface area contributed by atoms with Crippen LogP contribution in [0.2, 0.25) is 0 Å². The fraction of sp³-hybridized carbons (Fsp3) is 0.543. The monoisotopic (exact) mass is 867 g/mol. The van der Waals surface area contributed by atoms with Crippen LogP contribution in [0, 0.1) is 5.92 Å². The zero-order chi connectivity index (χ0) is 44.4. The molecule has 1 aliphatic heterocycles. The first kappa shape index (κ1) is 46.1. The topological polar surface area (TPSA) is 309 Å². The van der Waals surface area contributed by atoms with Gasteiger partial charge in [-0.3, -0.25) is 33.4 Å². The lowest BCUT2D eigenvalue weighted by Crippen LogP contribution is -2.57.